The Hall–Kier alpha value is -2.60. The van der Waals surface area contributed by atoms with Crippen molar-refractivity contribution in [2.24, 2.45) is 0 Å². The van der Waals surface area contributed by atoms with Crippen molar-refractivity contribution in [3.63, 3.8) is 0 Å². The Bertz CT molecular complexity index is 946. The van der Waals surface area contributed by atoms with Crippen molar-refractivity contribution in [2.45, 2.75) is 12.8 Å². The number of halogens is 1. The van der Waals surface area contributed by atoms with Crippen LogP contribution in [0, 0.1) is 5.82 Å². The lowest BCUT2D eigenvalue weighted by Crippen LogP contribution is -1.99. The molecule has 4 rings (SSSR count). The summed E-state index contributed by atoms with van der Waals surface area (Å²) >= 11 is 1.35. The van der Waals surface area contributed by atoms with Gasteiger partial charge >= 0.3 is 0 Å². The van der Waals surface area contributed by atoms with Crippen molar-refractivity contribution >= 4 is 16.3 Å². The highest BCUT2D eigenvalue weighted by Gasteiger charge is 2.15. The summed E-state index contributed by atoms with van der Waals surface area (Å²) in [6, 6.07) is 16.9. The van der Waals surface area contributed by atoms with Crippen LogP contribution < -0.4 is 0 Å². The maximum atomic E-state index is 13.9. The normalized spacial score (nSPS) is 11.2. The zero-order chi connectivity index (χ0) is 15.6. The van der Waals surface area contributed by atoms with Gasteiger partial charge in [-0.1, -0.05) is 53.8 Å². The van der Waals surface area contributed by atoms with Crippen molar-refractivity contribution < 1.29 is 4.39 Å². The summed E-state index contributed by atoms with van der Waals surface area (Å²) in [5, 5.41) is 13.5. The van der Waals surface area contributed by atoms with Crippen molar-refractivity contribution in [1.82, 2.24) is 19.8 Å². The number of rotatable bonds is 4. The molecule has 114 valence electrons. The summed E-state index contributed by atoms with van der Waals surface area (Å²) in [6.07, 6.45) is 1.61. The fourth-order valence-electron chi connectivity index (χ4n) is 2.46. The summed E-state index contributed by atoms with van der Waals surface area (Å²) in [7, 11) is 0. The van der Waals surface area contributed by atoms with Crippen molar-refractivity contribution in [2.75, 3.05) is 0 Å². The van der Waals surface area contributed by atoms with Crippen LogP contribution >= 0.6 is 11.3 Å². The first-order chi connectivity index (χ1) is 11.3. The highest BCUT2D eigenvalue weighted by atomic mass is 32.1. The quantitative estimate of drug-likeness (QED) is 0.574. The van der Waals surface area contributed by atoms with Crippen LogP contribution in [0.2, 0.25) is 0 Å². The topological polar surface area (TPSA) is 43.1 Å². The van der Waals surface area contributed by atoms with Crippen molar-refractivity contribution in [1.29, 1.82) is 0 Å². The fourth-order valence-corrected chi connectivity index (χ4v) is 3.34. The number of hydrogen-bond acceptors (Lipinski definition) is 4. The molecule has 0 aliphatic carbocycles. The molecule has 0 saturated carbocycles. The van der Waals surface area contributed by atoms with Crippen molar-refractivity contribution in [3.8, 4) is 10.6 Å². The van der Waals surface area contributed by atoms with E-state index < -0.39 is 0 Å². The molecule has 0 spiro atoms. The molecule has 2 heterocycles. The molecule has 0 saturated heterocycles. The highest BCUT2D eigenvalue weighted by Crippen LogP contribution is 2.27. The van der Waals surface area contributed by atoms with Crippen LogP contribution in [0.5, 0.6) is 0 Å². The van der Waals surface area contributed by atoms with Crippen LogP contribution in [0.4, 0.5) is 4.39 Å². The van der Waals surface area contributed by atoms with Crippen LogP contribution in [0.15, 0.2) is 54.6 Å². The van der Waals surface area contributed by atoms with Gasteiger partial charge in [0.2, 0.25) is 4.96 Å². The minimum Gasteiger partial charge on any atom is -0.206 e. The monoisotopic (exact) mass is 324 g/mol. The molecule has 0 aliphatic rings. The second-order valence-corrected chi connectivity index (χ2v) is 6.14. The Kier molecular flexibility index (Phi) is 3.59. The standard InChI is InChI=1S/C17H13FN4S/c18-14-9-5-4-8-13(14)16-21-22-15(19-20-17(22)23-16)11-10-12-6-2-1-3-7-12/h1-9H,10-11H2. The molecule has 0 amide bonds. The average Bonchev–Trinajstić information content (AvgIpc) is 3.15. The van der Waals surface area contributed by atoms with E-state index >= 15 is 0 Å². The Labute approximate surface area is 136 Å². The molecule has 2 aromatic carbocycles. The molecule has 6 heteroatoms. The molecule has 4 aromatic rings. The van der Waals surface area contributed by atoms with Crippen LogP contribution in [0.25, 0.3) is 15.5 Å². The Morgan fingerprint density at radius 2 is 1.70 bits per heavy atom. The first kappa shape index (κ1) is 14.0. The van der Waals surface area contributed by atoms with Gasteiger partial charge in [-0.15, -0.1) is 10.2 Å². The Morgan fingerprint density at radius 3 is 2.52 bits per heavy atom. The molecule has 0 fully saturated rings. The van der Waals surface area contributed by atoms with E-state index in [4.69, 9.17) is 0 Å². The maximum absolute atomic E-state index is 13.9. The summed E-state index contributed by atoms with van der Waals surface area (Å²) in [4.78, 5) is 0.686. The van der Waals surface area contributed by atoms with E-state index in [1.807, 2.05) is 18.2 Å². The predicted molar refractivity (Wildman–Crippen MR) is 87.9 cm³/mol. The number of nitrogens with zero attached hydrogens (tertiary/aromatic N) is 4. The molecule has 0 atom stereocenters. The van der Waals surface area contributed by atoms with E-state index in [2.05, 4.69) is 27.4 Å². The van der Waals surface area contributed by atoms with Gasteiger partial charge in [-0.3, -0.25) is 0 Å². The minimum absolute atomic E-state index is 0.275. The van der Waals surface area contributed by atoms with Gasteiger partial charge in [0.05, 0.1) is 0 Å². The van der Waals surface area contributed by atoms with E-state index in [-0.39, 0.29) is 5.82 Å². The molecular formula is C17H13FN4S. The fraction of sp³-hybridized carbons (Fsp3) is 0.118. The predicted octanol–water partition coefficient (Wildman–Crippen LogP) is 3.78. The lowest BCUT2D eigenvalue weighted by atomic mass is 10.1. The lowest BCUT2D eigenvalue weighted by molar-refractivity contribution is 0.630. The van der Waals surface area contributed by atoms with Crippen LogP contribution in [0.1, 0.15) is 11.4 Å². The molecule has 0 aliphatic heterocycles. The van der Waals surface area contributed by atoms with Crippen molar-refractivity contribution in [3.05, 3.63) is 71.8 Å². The first-order valence-corrected chi connectivity index (χ1v) is 8.13. The van der Waals surface area contributed by atoms with Gasteiger partial charge in [-0.05, 0) is 24.1 Å². The van der Waals surface area contributed by atoms with Gasteiger partial charge in [-0.25, -0.2) is 4.39 Å². The molecule has 4 nitrogen and oxygen atoms in total. The molecule has 2 aromatic heterocycles. The van der Waals surface area contributed by atoms with Gasteiger partial charge in [0.25, 0.3) is 0 Å². The Balaban J connectivity index is 1.63. The molecular weight excluding hydrogens is 311 g/mol. The van der Waals surface area contributed by atoms with E-state index in [9.17, 15) is 4.39 Å². The van der Waals surface area contributed by atoms with Crippen LogP contribution in [-0.4, -0.2) is 19.8 Å². The summed E-state index contributed by atoms with van der Waals surface area (Å²) in [5.74, 6) is 0.519. The number of benzene rings is 2. The second kappa shape index (κ2) is 5.89. The summed E-state index contributed by atoms with van der Waals surface area (Å²) < 4.78 is 15.6. The zero-order valence-electron chi connectivity index (χ0n) is 12.2. The Morgan fingerprint density at radius 1 is 0.913 bits per heavy atom. The largest absolute Gasteiger partial charge is 0.234 e. The second-order valence-electron chi connectivity index (χ2n) is 5.18. The third-order valence-corrected chi connectivity index (χ3v) is 4.57. The summed E-state index contributed by atoms with van der Waals surface area (Å²) in [6.45, 7) is 0. The molecule has 0 radical (unpaired) electrons. The van der Waals surface area contributed by atoms with E-state index in [0.717, 1.165) is 18.7 Å². The third-order valence-electron chi connectivity index (χ3n) is 3.64. The third kappa shape index (κ3) is 2.73. The number of fused-ring (bicyclic) bond motifs is 1. The first-order valence-electron chi connectivity index (χ1n) is 7.31. The molecule has 0 N–H and O–H groups in total. The minimum atomic E-state index is -0.275. The van der Waals surface area contributed by atoms with Gasteiger partial charge < -0.3 is 0 Å². The number of hydrogen-bond donors (Lipinski definition) is 0. The van der Waals surface area contributed by atoms with Crippen LogP contribution in [-0.2, 0) is 12.8 Å². The zero-order valence-corrected chi connectivity index (χ0v) is 13.0. The highest BCUT2D eigenvalue weighted by molar-refractivity contribution is 7.19. The van der Waals surface area contributed by atoms with Crippen LogP contribution in [0.3, 0.4) is 0 Å². The van der Waals surface area contributed by atoms with Gasteiger partial charge in [0, 0.05) is 12.0 Å². The summed E-state index contributed by atoms with van der Waals surface area (Å²) in [5.41, 5.74) is 1.74. The molecule has 0 unspecified atom stereocenters. The van der Waals surface area contributed by atoms with Gasteiger partial charge in [0.1, 0.15) is 5.82 Å². The average molecular weight is 324 g/mol. The van der Waals surface area contributed by atoms with E-state index in [0.29, 0.717) is 15.5 Å². The van der Waals surface area contributed by atoms with E-state index in [1.54, 1.807) is 22.7 Å². The SMILES string of the molecule is Fc1ccccc1-c1nn2c(CCc3ccccc3)nnc2s1. The lowest BCUT2D eigenvalue weighted by Gasteiger charge is -1.99. The number of aromatic nitrogens is 4. The molecule has 23 heavy (non-hydrogen) atoms. The maximum Gasteiger partial charge on any atom is 0.234 e. The number of aryl methyl sites for hydroxylation is 2. The smallest absolute Gasteiger partial charge is 0.206 e. The van der Waals surface area contributed by atoms with Gasteiger partial charge in [0.15, 0.2) is 10.8 Å². The molecule has 0 bridgehead atoms. The van der Waals surface area contributed by atoms with E-state index in [1.165, 1.54) is 23.0 Å². The van der Waals surface area contributed by atoms with Gasteiger partial charge in [-0.2, -0.15) is 9.61 Å².